The molecule has 0 spiro atoms. The molecule has 1 amide bonds. The van der Waals surface area contributed by atoms with Crippen LogP contribution in [0, 0.1) is 6.92 Å². The number of anilines is 1. The van der Waals surface area contributed by atoms with Crippen molar-refractivity contribution in [3.63, 3.8) is 0 Å². The highest BCUT2D eigenvalue weighted by Gasteiger charge is 2.39. The average Bonchev–Trinajstić information content (AvgIpc) is 3.47. The molecule has 1 aliphatic carbocycles. The van der Waals surface area contributed by atoms with Crippen LogP contribution in [0.15, 0.2) is 38.5 Å². The maximum atomic E-state index is 13.1. The molecule has 2 aliphatic rings. The summed E-state index contributed by atoms with van der Waals surface area (Å²) in [6.45, 7) is 7.47. The van der Waals surface area contributed by atoms with Crippen LogP contribution in [-0.2, 0) is 14.6 Å². The zero-order valence-corrected chi connectivity index (χ0v) is 16.5. The van der Waals surface area contributed by atoms with E-state index in [4.69, 9.17) is 11.5 Å². The lowest BCUT2D eigenvalue weighted by Gasteiger charge is -2.27. The summed E-state index contributed by atoms with van der Waals surface area (Å²) in [6, 6.07) is 1.06. The number of aryl methyl sites for hydroxylation is 1. The lowest BCUT2D eigenvalue weighted by Crippen LogP contribution is -2.37. The van der Waals surface area contributed by atoms with E-state index in [0.717, 1.165) is 0 Å². The van der Waals surface area contributed by atoms with Gasteiger partial charge in [-0.1, -0.05) is 6.58 Å². The summed E-state index contributed by atoms with van der Waals surface area (Å²) in [6.07, 6.45) is 1.65. The van der Waals surface area contributed by atoms with Gasteiger partial charge in [-0.3, -0.25) is 19.1 Å². The number of nitrogens with two attached hydrogens (primary N) is 2. The molecule has 150 valence electrons. The van der Waals surface area contributed by atoms with E-state index in [0.29, 0.717) is 36.1 Å². The standard InChI is InChI=1S/C18H23N5O4S/c1-9-6-14(28(26,27)12-4-5-12)15(19)18(25)23(9)16-13(7-21-8-24)10(2)11(3)22-17(16)20/h6,8,11-12H,2,4-5,7,19H2,1,3H3,(H2,20,22)(H,21,24). The molecule has 2 heterocycles. The minimum absolute atomic E-state index is 0.0880. The summed E-state index contributed by atoms with van der Waals surface area (Å²) in [5.74, 6) is 0.0880. The van der Waals surface area contributed by atoms with Crippen molar-refractivity contribution in [1.82, 2.24) is 9.88 Å². The van der Waals surface area contributed by atoms with Crippen LogP contribution >= 0.6 is 0 Å². The number of sulfone groups is 1. The van der Waals surface area contributed by atoms with Crippen LogP contribution in [-0.4, -0.2) is 43.1 Å². The lowest BCUT2D eigenvalue weighted by atomic mass is 9.95. The molecule has 0 bridgehead atoms. The molecule has 1 atom stereocenters. The van der Waals surface area contributed by atoms with E-state index in [2.05, 4.69) is 16.9 Å². The van der Waals surface area contributed by atoms with Gasteiger partial charge < -0.3 is 16.8 Å². The van der Waals surface area contributed by atoms with Crippen LogP contribution in [0.2, 0.25) is 0 Å². The molecule has 3 rings (SSSR count). The monoisotopic (exact) mass is 405 g/mol. The molecule has 1 aromatic rings. The highest BCUT2D eigenvalue weighted by atomic mass is 32.2. The number of amidine groups is 1. The third-order valence-electron chi connectivity index (χ3n) is 5.00. The predicted octanol–water partition coefficient (Wildman–Crippen LogP) is -0.0524. The number of aromatic nitrogens is 1. The van der Waals surface area contributed by atoms with E-state index in [-0.39, 0.29) is 34.7 Å². The quantitative estimate of drug-likeness (QED) is 0.565. The fourth-order valence-electron chi connectivity index (χ4n) is 3.29. The van der Waals surface area contributed by atoms with Gasteiger partial charge in [-0.15, -0.1) is 0 Å². The van der Waals surface area contributed by atoms with E-state index in [1.54, 1.807) is 13.8 Å². The second-order valence-electron chi connectivity index (χ2n) is 6.99. The highest BCUT2D eigenvalue weighted by molar-refractivity contribution is 7.92. The molecule has 28 heavy (non-hydrogen) atoms. The normalized spacial score (nSPS) is 20.1. The van der Waals surface area contributed by atoms with Gasteiger partial charge in [0.2, 0.25) is 6.41 Å². The van der Waals surface area contributed by atoms with Crippen LogP contribution in [0.5, 0.6) is 0 Å². The van der Waals surface area contributed by atoms with Crippen LogP contribution in [0.4, 0.5) is 5.69 Å². The number of dihydropyridines is 1. The maximum absolute atomic E-state index is 13.1. The fraction of sp³-hybridized carbons (Fsp3) is 0.389. The van der Waals surface area contributed by atoms with E-state index in [1.807, 2.05) is 0 Å². The average molecular weight is 405 g/mol. The number of nitrogens with one attached hydrogen (secondary N) is 1. The van der Waals surface area contributed by atoms with Gasteiger partial charge in [0, 0.05) is 17.8 Å². The number of carbonyl (C=O) groups excluding carboxylic acids is 1. The number of rotatable bonds is 6. The van der Waals surface area contributed by atoms with Crippen molar-refractivity contribution in [3.05, 3.63) is 39.8 Å². The number of amides is 1. The number of carbonyl (C=O) groups is 1. The molecule has 0 saturated heterocycles. The van der Waals surface area contributed by atoms with Gasteiger partial charge in [0.25, 0.3) is 5.56 Å². The Balaban J connectivity index is 2.27. The number of pyridine rings is 1. The van der Waals surface area contributed by atoms with E-state index in [9.17, 15) is 18.0 Å². The Morgan fingerprint density at radius 3 is 2.61 bits per heavy atom. The van der Waals surface area contributed by atoms with Gasteiger partial charge in [-0.05, 0) is 38.3 Å². The predicted molar refractivity (Wildman–Crippen MR) is 108 cm³/mol. The van der Waals surface area contributed by atoms with Crippen molar-refractivity contribution in [2.45, 2.75) is 42.9 Å². The van der Waals surface area contributed by atoms with E-state index >= 15 is 0 Å². The number of nitrogen functional groups attached to an aromatic ring is 1. The molecule has 1 aromatic heterocycles. The third kappa shape index (κ3) is 3.13. The molecule has 1 fully saturated rings. The third-order valence-corrected chi connectivity index (χ3v) is 7.30. The molecule has 0 aromatic carbocycles. The van der Waals surface area contributed by atoms with E-state index in [1.165, 1.54) is 10.6 Å². The Morgan fingerprint density at radius 1 is 1.39 bits per heavy atom. The Morgan fingerprint density at radius 2 is 2.04 bits per heavy atom. The SMILES string of the molecule is C=C1C(CNC=O)=C(n2c(C)cc(S(=O)(=O)C3CC3)c(N)c2=O)C(N)=NC1C. The first kappa shape index (κ1) is 19.9. The smallest absolute Gasteiger partial charge is 0.279 e. The van der Waals surface area contributed by atoms with Crippen LogP contribution in [0.1, 0.15) is 25.5 Å². The van der Waals surface area contributed by atoms with Crippen molar-refractivity contribution < 1.29 is 13.2 Å². The molecule has 0 radical (unpaired) electrons. The summed E-state index contributed by atoms with van der Waals surface area (Å²) in [5, 5.41) is 2.06. The zero-order chi connectivity index (χ0) is 20.8. The van der Waals surface area contributed by atoms with Gasteiger partial charge >= 0.3 is 0 Å². The maximum Gasteiger partial charge on any atom is 0.279 e. The molecule has 1 saturated carbocycles. The topological polar surface area (TPSA) is 150 Å². The minimum atomic E-state index is -3.64. The molecule has 5 N–H and O–H groups in total. The lowest BCUT2D eigenvalue weighted by molar-refractivity contribution is -0.109. The number of hydrogen-bond donors (Lipinski definition) is 3. The minimum Gasteiger partial charge on any atom is -0.393 e. The first-order chi connectivity index (χ1) is 13.1. The Kier molecular flexibility index (Phi) is 4.92. The Bertz CT molecular complexity index is 1090. The number of aliphatic imine (C=N–C) groups is 1. The van der Waals surface area contributed by atoms with Gasteiger partial charge in [-0.2, -0.15) is 0 Å². The van der Waals surface area contributed by atoms with Crippen molar-refractivity contribution in [2.75, 3.05) is 12.3 Å². The Labute approximate surface area is 162 Å². The summed E-state index contributed by atoms with van der Waals surface area (Å²) in [5.41, 5.74) is 12.7. The van der Waals surface area contributed by atoms with Crippen molar-refractivity contribution >= 4 is 33.5 Å². The summed E-state index contributed by atoms with van der Waals surface area (Å²) >= 11 is 0. The molecule has 10 heteroatoms. The molecule has 1 unspecified atom stereocenters. The van der Waals surface area contributed by atoms with Crippen molar-refractivity contribution in [2.24, 2.45) is 10.7 Å². The molecule has 9 nitrogen and oxygen atoms in total. The molecule has 1 aliphatic heterocycles. The number of nitrogens with zero attached hydrogens (tertiary/aromatic N) is 2. The van der Waals surface area contributed by atoms with Crippen molar-refractivity contribution in [1.29, 1.82) is 0 Å². The zero-order valence-electron chi connectivity index (χ0n) is 15.7. The fourth-order valence-corrected chi connectivity index (χ4v) is 5.13. The van der Waals surface area contributed by atoms with Crippen LogP contribution in [0.25, 0.3) is 5.70 Å². The van der Waals surface area contributed by atoms with E-state index < -0.39 is 20.6 Å². The highest BCUT2D eigenvalue weighted by Crippen LogP contribution is 2.36. The Hall–Kier alpha value is -2.88. The molecular weight excluding hydrogens is 382 g/mol. The van der Waals surface area contributed by atoms with Crippen LogP contribution < -0.4 is 22.3 Å². The van der Waals surface area contributed by atoms with Crippen molar-refractivity contribution in [3.8, 4) is 0 Å². The van der Waals surface area contributed by atoms with Gasteiger partial charge in [0.15, 0.2) is 9.84 Å². The number of hydrogen-bond acceptors (Lipinski definition) is 7. The first-order valence-electron chi connectivity index (χ1n) is 8.80. The second-order valence-corrected chi connectivity index (χ2v) is 9.19. The molecular formula is C18H23N5O4S. The van der Waals surface area contributed by atoms with Crippen LogP contribution in [0.3, 0.4) is 0 Å². The van der Waals surface area contributed by atoms with Gasteiger partial charge in [0.1, 0.15) is 11.5 Å². The van der Waals surface area contributed by atoms with Gasteiger partial charge in [0.05, 0.1) is 21.9 Å². The first-order valence-corrected chi connectivity index (χ1v) is 10.3. The summed E-state index contributed by atoms with van der Waals surface area (Å²) < 4.78 is 26.5. The van der Waals surface area contributed by atoms with Gasteiger partial charge in [-0.25, -0.2) is 8.42 Å². The second kappa shape index (κ2) is 6.93. The summed E-state index contributed by atoms with van der Waals surface area (Å²) in [4.78, 5) is 28.0. The largest absolute Gasteiger partial charge is 0.393 e. The summed E-state index contributed by atoms with van der Waals surface area (Å²) in [7, 11) is -3.64.